The van der Waals surface area contributed by atoms with Crippen molar-refractivity contribution in [3.05, 3.63) is 152 Å². The molecular weight excluding hydrogens is 896 g/mol. The number of anilines is 1. The molecule has 61 heavy (non-hydrogen) atoms. The van der Waals surface area contributed by atoms with E-state index in [1.54, 1.807) is 50.6 Å². The number of nitrogens with zero attached hydrogens (tertiary/aromatic N) is 3. The Morgan fingerprint density at radius 3 is 1.34 bits per heavy atom. The number of halogens is 10. The van der Waals surface area contributed by atoms with Crippen LogP contribution in [0.25, 0.3) is 5.69 Å². The van der Waals surface area contributed by atoms with Crippen molar-refractivity contribution in [2.75, 3.05) is 20.0 Å². The fourth-order valence-electron chi connectivity index (χ4n) is 6.62. The normalized spacial score (nSPS) is 22.2. The molecule has 324 valence electrons. The van der Waals surface area contributed by atoms with Crippen molar-refractivity contribution in [1.29, 1.82) is 0 Å². The average Bonchev–Trinajstić information content (AvgIpc) is 4.05. The lowest BCUT2D eigenvalue weighted by molar-refractivity contribution is -0.276. The van der Waals surface area contributed by atoms with Gasteiger partial charge in [-0.15, -0.1) is 0 Å². The minimum absolute atomic E-state index is 0.0463. The zero-order chi connectivity index (χ0) is 44.2. The maximum atomic E-state index is 14.0. The average molecular weight is 933 g/mol. The lowest BCUT2D eigenvalue weighted by Crippen LogP contribution is -2.42. The van der Waals surface area contributed by atoms with Gasteiger partial charge in [-0.05, 0) is 83.9 Å². The summed E-state index contributed by atoms with van der Waals surface area (Å²) in [6, 6.07) is 24.7. The number of methoxy groups -OCH3 is 2. The van der Waals surface area contributed by atoms with Crippen molar-refractivity contribution < 1.29 is 50.2 Å². The first-order chi connectivity index (χ1) is 28.9. The molecule has 9 nitrogen and oxygen atoms in total. The number of benzene rings is 4. The summed E-state index contributed by atoms with van der Waals surface area (Å²) in [5.74, 6) is 0. The summed E-state index contributed by atoms with van der Waals surface area (Å²) in [6.07, 6.45) is -4.84. The molecule has 4 heterocycles. The molecule has 0 spiro atoms. The predicted octanol–water partition coefficient (Wildman–Crippen LogP) is 12.3. The molecule has 4 aromatic carbocycles. The molecule has 3 aliphatic rings. The number of rotatable bonds is 7. The Balaban J connectivity index is 0.000000171. The van der Waals surface area contributed by atoms with Gasteiger partial charge in [-0.25, -0.2) is 0 Å². The van der Waals surface area contributed by atoms with Crippen LogP contribution in [0, 0.1) is 0 Å². The van der Waals surface area contributed by atoms with Crippen LogP contribution in [0.5, 0.6) is 0 Å². The van der Waals surface area contributed by atoms with E-state index in [1.165, 1.54) is 36.4 Å². The Labute approximate surface area is 366 Å². The maximum Gasteiger partial charge on any atom is 0.435 e. The smallest absolute Gasteiger partial charge is 0.399 e. The molecule has 5 aromatic rings. The largest absolute Gasteiger partial charge is 0.435 e. The van der Waals surface area contributed by atoms with Crippen molar-refractivity contribution in [2.24, 2.45) is 10.3 Å². The molecular formula is C42H36Cl4F6N4O5. The van der Waals surface area contributed by atoms with Crippen LogP contribution in [0.4, 0.5) is 32.0 Å². The van der Waals surface area contributed by atoms with Gasteiger partial charge in [-0.2, -0.15) is 26.3 Å². The second-order valence-corrected chi connectivity index (χ2v) is 15.6. The third kappa shape index (κ3) is 10.4. The molecule has 0 saturated carbocycles. The lowest BCUT2D eigenvalue weighted by Gasteiger charge is -2.29. The van der Waals surface area contributed by atoms with E-state index in [0.29, 0.717) is 16.8 Å². The van der Waals surface area contributed by atoms with Gasteiger partial charge in [0.05, 0.1) is 11.4 Å². The predicted molar refractivity (Wildman–Crippen MR) is 221 cm³/mol. The Bertz CT molecular complexity index is 2300. The number of hydrogen-bond acceptors (Lipinski definition) is 8. The standard InChI is InChI=1S/C20H13Cl2F3N2O.C16H11Cl2F3N2O.C6H12O3/c21-15-9-14(10-16(22)11-15)19(20(23,24)25)12-18(26-28-19)13-3-5-17(6-4-13)27-7-1-2-8-27;17-11-5-10(6-12(18)7-11)15(16(19,20)21)8-14(23-24-15)9-1-3-13(22)4-2-9;1-7-5-3-4-6(8-2)9-5/h1-11H,12H2;1-7H,8,22H2;5-6H,3-4H2,1-2H3. The molecule has 0 aliphatic carbocycles. The lowest BCUT2D eigenvalue weighted by atomic mass is 9.86. The molecule has 4 unspecified atom stereocenters. The summed E-state index contributed by atoms with van der Waals surface area (Å²) in [5.41, 5.74) is 2.78. The highest BCUT2D eigenvalue weighted by atomic mass is 35.5. The topological polar surface area (TPSA) is 102 Å². The van der Waals surface area contributed by atoms with Crippen molar-refractivity contribution in [3.8, 4) is 5.69 Å². The van der Waals surface area contributed by atoms with Crippen LogP contribution in [-0.4, -0.2) is 55.1 Å². The van der Waals surface area contributed by atoms with Crippen molar-refractivity contribution in [2.45, 2.75) is 61.8 Å². The number of nitrogen functional groups attached to an aromatic ring is 1. The van der Waals surface area contributed by atoms with Gasteiger partial charge in [0.25, 0.3) is 11.2 Å². The van der Waals surface area contributed by atoms with Crippen LogP contribution in [0.15, 0.2) is 120 Å². The number of oxime groups is 2. The van der Waals surface area contributed by atoms with E-state index in [2.05, 4.69) is 10.3 Å². The SMILES string of the molecule is COC1CCC(OC)O1.FC(F)(F)C1(c2cc(Cl)cc(Cl)c2)CC(c2ccc(-n3cccc3)cc2)=NO1.Nc1ccc(C2=NOC(c3cc(Cl)cc(Cl)c3)(C(F)(F)F)C2)cc1. The number of aromatic nitrogens is 1. The Kier molecular flexibility index (Phi) is 14.2. The summed E-state index contributed by atoms with van der Waals surface area (Å²) >= 11 is 23.5. The Morgan fingerprint density at radius 1 is 0.623 bits per heavy atom. The molecule has 1 aromatic heterocycles. The first-order valence-electron chi connectivity index (χ1n) is 18.2. The summed E-state index contributed by atoms with van der Waals surface area (Å²) < 4.78 is 100. The first-order valence-corrected chi connectivity index (χ1v) is 19.7. The molecule has 19 heteroatoms. The summed E-state index contributed by atoms with van der Waals surface area (Å²) in [4.78, 5) is 9.92. The van der Waals surface area contributed by atoms with Crippen LogP contribution >= 0.6 is 46.4 Å². The highest BCUT2D eigenvalue weighted by Gasteiger charge is 2.63. The highest BCUT2D eigenvalue weighted by Crippen LogP contribution is 2.51. The monoisotopic (exact) mass is 930 g/mol. The molecule has 8 rings (SSSR count). The van der Waals surface area contributed by atoms with Gasteiger partial charge in [-0.3, -0.25) is 0 Å². The first kappa shape index (κ1) is 46.0. The molecule has 1 fully saturated rings. The Morgan fingerprint density at radius 2 is 1.00 bits per heavy atom. The van der Waals surface area contributed by atoms with Gasteiger partial charge in [0, 0.05) is 94.9 Å². The van der Waals surface area contributed by atoms with Gasteiger partial charge < -0.3 is 34.2 Å². The van der Waals surface area contributed by atoms with E-state index in [-0.39, 0.29) is 55.2 Å². The van der Waals surface area contributed by atoms with E-state index in [0.717, 1.165) is 18.5 Å². The van der Waals surface area contributed by atoms with Crippen LogP contribution < -0.4 is 5.73 Å². The van der Waals surface area contributed by atoms with E-state index < -0.39 is 36.4 Å². The van der Waals surface area contributed by atoms with Crippen molar-refractivity contribution >= 4 is 63.5 Å². The fraction of sp³-hybridized carbons (Fsp3) is 0.286. The van der Waals surface area contributed by atoms with Crippen LogP contribution in [0.2, 0.25) is 20.1 Å². The number of alkyl halides is 6. The van der Waals surface area contributed by atoms with E-state index in [4.69, 9.17) is 76.0 Å². The van der Waals surface area contributed by atoms with E-state index in [9.17, 15) is 26.3 Å². The minimum atomic E-state index is -4.71. The second kappa shape index (κ2) is 18.9. The molecule has 0 bridgehead atoms. The summed E-state index contributed by atoms with van der Waals surface area (Å²) in [6.45, 7) is 0. The molecule has 2 N–H and O–H groups in total. The van der Waals surface area contributed by atoms with Crippen LogP contribution in [-0.2, 0) is 35.1 Å². The van der Waals surface area contributed by atoms with E-state index >= 15 is 0 Å². The molecule has 0 amide bonds. The number of ether oxygens (including phenoxy) is 3. The summed E-state index contributed by atoms with van der Waals surface area (Å²) in [7, 11) is 3.28. The van der Waals surface area contributed by atoms with Gasteiger partial charge in [0.15, 0.2) is 12.6 Å². The zero-order valence-electron chi connectivity index (χ0n) is 32.1. The molecule has 1 saturated heterocycles. The zero-order valence-corrected chi connectivity index (χ0v) is 35.1. The van der Waals surface area contributed by atoms with E-state index in [1.807, 2.05) is 41.2 Å². The van der Waals surface area contributed by atoms with Crippen molar-refractivity contribution in [1.82, 2.24) is 4.57 Å². The summed E-state index contributed by atoms with van der Waals surface area (Å²) in [5, 5.41) is 7.79. The highest BCUT2D eigenvalue weighted by molar-refractivity contribution is 6.35. The molecule has 0 radical (unpaired) electrons. The fourth-order valence-corrected chi connectivity index (χ4v) is 7.68. The van der Waals surface area contributed by atoms with Gasteiger partial charge >= 0.3 is 12.4 Å². The third-order valence-corrected chi connectivity index (χ3v) is 10.7. The third-order valence-electron chi connectivity index (χ3n) is 9.84. The Hall–Kier alpha value is -4.48. The molecule has 4 atom stereocenters. The minimum Gasteiger partial charge on any atom is -0.399 e. The van der Waals surface area contributed by atoms with Crippen LogP contribution in [0.3, 0.4) is 0 Å². The van der Waals surface area contributed by atoms with Gasteiger partial charge in [-0.1, -0.05) is 81.0 Å². The number of hydrogen-bond donors (Lipinski definition) is 1. The maximum absolute atomic E-state index is 14.0. The van der Waals surface area contributed by atoms with Gasteiger partial charge in [0.1, 0.15) is 0 Å². The van der Waals surface area contributed by atoms with Crippen molar-refractivity contribution in [3.63, 3.8) is 0 Å². The number of nitrogens with two attached hydrogens (primary N) is 1. The second-order valence-electron chi connectivity index (χ2n) is 13.9. The van der Waals surface area contributed by atoms with Crippen LogP contribution in [0.1, 0.15) is 47.9 Å². The van der Waals surface area contributed by atoms with Gasteiger partial charge in [0.2, 0.25) is 0 Å². The molecule has 3 aliphatic heterocycles. The quantitative estimate of drug-likeness (QED) is 0.129.